The highest BCUT2D eigenvalue weighted by Crippen LogP contribution is 2.40. The molecule has 0 amide bonds. The van der Waals surface area contributed by atoms with E-state index in [1.165, 1.54) is 25.7 Å². The highest BCUT2D eigenvalue weighted by Gasteiger charge is 2.49. The SMILES string of the molecule is CC(C)C1CCCCC1(NC1CCCCC1)C(=O)O. The Morgan fingerprint density at radius 1 is 1.11 bits per heavy atom. The molecule has 0 aliphatic heterocycles. The van der Waals surface area contributed by atoms with Crippen molar-refractivity contribution in [1.29, 1.82) is 0 Å². The maximum Gasteiger partial charge on any atom is 0.324 e. The zero-order valence-corrected chi connectivity index (χ0v) is 12.5. The Bertz CT molecular complexity index is 310. The molecule has 0 aromatic heterocycles. The number of carbonyl (C=O) groups is 1. The summed E-state index contributed by atoms with van der Waals surface area (Å²) in [5, 5.41) is 13.5. The van der Waals surface area contributed by atoms with Crippen molar-refractivity contribution in [1.82, 2.24) is 5.32 Å². The van der Waals surface area contributed by atoms with Gasteiger partial charge in [-0.25, -0.2) is 0 Å². The Kier molecular flexibility index (Phi) is 4.88. The topological polar surface area (TPSA) is 49.3 Å². The zero-order chi connectivity index (χ0) is 13.9. The largest absolute Gasteiger partial charge is 0.480 e. The van der Waals surface area contributed by atoms with Gasteiger partial charge in [0.2, 0.25) is 0 Å². The highest BCUT2D eigenvalue weighted by atomic mass is 16.4. The number of nitrogens with one attached hydrogen (secondary N) is 1. The second-order valence-corrected chi connectivity index (χ2v) is 6.85. The summed E-state index contributed by atoms with van der Waals surface area (Å²) in [5.74, 6) is 0.102. The number of hydrogen-bond acceptors (Lipinski definition) is 2. The van der Waals surface area contributed by atoms with Crippen molar-refractivity contribution in [3.63, 3.8) is 0 Å². The summed E-state index contributed by atoms with van der Waals surface area (Å²) in [6.45, 7) is 4.35. The van der Waals surface area contributed by atoms with E-state index in [0.29, 0.717) is 12.0 Å². The molecule has 2 aliphatic rings. The van der Waals surface area contributed by atoms with E-state index >= 15 is 0 Å². The number of rotatable bonds is 4. The highest BCUT2D eigenvalue weighted by molar-refractivity contribution is 5.79. The van der Waals surface area contributed by atoms with Gasteiger partial charge in [0.15, 0.2) is 0 Å². The molecule has 2 N–H and O–H groups in total. The molecular formula is C16H29NO2. The molecule has 0 radical (unpaired) electrons. The predicted molar refractivity (Wildman–Crippen MR) is 77.2 cm³/mol. The Morgan fingerprint density at radius 2 is 1.74 bits per heavy atom. The van der Waals surface area contributed by atoms with Crippen LogP contribution in [0.5, 0.6) is 0 Å². The molecule has 3 heteroatoms. The van der Waals surface area contributed by atoms with Crippen LogP contribution < -0.4 is 5.32 Å². The van der Waals surface area contributed by atoms with Gasteiger partial charge in [-0.3, -0.25) is 10.1 Å². The Hall–Kier alpha value is -0.570. The fraction of sp³-hybridized carbons (Fsp3) is 0.938. The van der Waals surface area contributed by atoms with Crippen molar-refractivity contribution < 1.29 is 9.90 Å². The van der Waals surface area contributed by atoms with Gasteiger partial charge in [-0.1, -0.05) is 46.0 Å². The van der Waals surface area contributed by atoms with Gasteiger partial charge in [-0.05, 0) is 37.5 Å². The summed E-state index contributed by atoms with van der Waals surface area (Å²) in [6.07, 6.45) is 10.2. The van der Waals surface area contributed by atoms with Crippen LogP contribution in [0.1, 0.15) is 71.6 Å². The van der Waals surface area contributed by atoms with E-state index in [0.717, 1.165) is 32.1 Å². The summed E-state index contributed by atoms with van der Waals surface area (Å²) < 4.78 is 0. The van der Waals surface area contributed by atoms with E-state index in [-0.39, 0.29) is 5.92 Å². The molecule has 2 aliphatic carbocycles. The number of aliphatic carboxylic acids is 1. The first-order valence-electron chi connectivity index (χ1n) is 8.07. The standard InChI is InChI=1S/C16H29NO2/c1-12(2)14-10-6-7-11-16(14,15(18)19)17-13-8-4-3-5-9-13/h12-14,17H,3-11H2,1-2H3,(H,18,19). The van der Waals surface area contributed by atoms with Crippen LogP contribution in [0.2, 0.25) is 0 Å². The fourth-order valence-electron chi connectivity index (χ4n) is 4.22. The third kappa shape index (κ3) is 3.13. The maximum absolute atomic E-state index is 12.0. The molecular weight excluding hydrogens is 238 g/mol. The first-order valence-corrected chi connectivity index (χ1v) is 8.07. The van der Waals surface area contributed by atoms with E-state index in [9.17, 15) is 9.90 Å². The molecule has 0 spiro atoms. The molecule has 0 bridgehead atoms. The molecule has 2 fully saturated rings. The summed E-state index contributed by atoms with van der Waals surface area (Å²) in [6, 6.07) is 0.421. The first kappa shape index (κ1) is 14.8. The summed E-state index contributed by atoms with van der Waals surface area (Å²) >= 11 is 0. The molecule has 19 heavy (non-hydrogen) atoms. The van der Waals surface area contributed by atoms with E-state index in [1.54, 1.807) is 0 Å². The van der Waals surface area contributed by atoms with Gasteiger partial charge in [0.1, 0.15) is 5.54 Å². The first-order chi connectivity index (χ1) is 9.06. The normalized spacial score (nSPS) is 33.5. The molecule has 3 nitrogen and oxygen atoms in total. The molecule has 2 atom stereocenters. The smallest absolute Gasteiger partial charge is 0.324 e. The number of carboxylic acid groups (broad SMARTS) is 1. The minimum Gasteiger partial charge on any atom is -0.480 e. The van der Waals surface area contributed by atoms with Gasteiger partial charge in [0.25, 0.3) is 0 Å². The minimum absolute atomic E-state index is 0.278. The molecule has 2 unspecified atom stereocenters. The third-order valence-electron chi connectivity index (χ3n) is 5.22. The van der Waals surface area contributed by atoms with Crippen LogP contribution in [0.4, 0.5) is 0 Å². The summed E-state index contributed by atoms with van der Waals surface area (Å²) in [5.41, 5.74) is -0.658. The minimum atomic E-state index is -0.658. The summed E-state index contributed by atoms with van der Waals surface area (Å²) in [7, 11) is 0. The van der Waals surface area contributed by atoms with Gasteiger partial charge >= 0.3 is 5.97 Å². The quantitative estimate of drug-likeness (QED) is 0.818. The lowest BCUT2D eigenvalue weighted by atomic mass is 9.67. The fourth-order valence-corrected chi connectivity index (χ4v) is 4.22. The number of carboxylic acids is 1. The average Bonchev–Trinajstić information content (AvgIpc) is 2.40. The van der Waals surface area contributed by atoms with E-state index in [2.05, 4.69) is 19.2 Å². The van der Waals surface area contributed by atoms with Crippen molar-refractivity contribution in [2.75, 3.05) is 0 Å². The van der Waals surface area contributed by atoms with E-state index in [1.807, 2.05) is 0 Å². The van der Waals surface area contributed by atoms with Gasteiger partial charge in [-0.2, -0.15) is 0 Å². The van der Waals surface area contributed by atoms with Crippen molar-refractivity contribution in [3.8, 4) is 0 Å². The van der Waals surface area contributed by atoms with Gasteiger partial charge in [0, 0.05) is 6.04 Å². The van der Waals surface area contributed by atoms with Crippen molar-refractivity contribution in [3.05, 3.63) is 0 Å². The second-order valence-electron chi connectivity index (χ2n) is 6.85. The average molecular weight is 267 g/mol. The van der Waals surface area contributed by atoms with Crippen LogP contribution in [0.25, 0.3) is 0 Å². The molecule has 0 saturated heterocycles. The van der Waals surface area contributed by atoms with Gasteiger partial charge in [-0.15, -0.1) is 0 Å². The van der Waals surface area contributed by atoms with Crippen LogP contribution in [0, 0.1) is 11.8 Å². The predicted octanol–water partition coefficient (Wildman–Crippen LogP) is 3.58. The molecule has 2 rings (SSSR count). The Balaban J connectivity index is 2.16. The molecule has 110 valence electrons. The summed E-state index contributed by atoms with van der Waals surface area (Å²) in [4.78, 5) is 12.0. The lowest BCUT2D eigenvalue weighted by Crippen LogP contribution is -2.63. The van der Waals surface area contributed by atoms with Crippen molar-refractivity contribution in [2.24, 2.45) is 11.8 Å². The van der Waals surface area contributed by atoms with Crippen molar-refractivity contribution in [2.45, 2.75) is 83.2 Å². The maximum atomic E-state index is 12.0. The lowest BCUT2D eigenvalue weighted by Gasteiger charge is -2.46. The van der Waals surface area contributed by atoms with Crippen LogP contribution in [0.15, 0.2) is 0 Å². The monoisotopic (exact) mass is 267 g/mol. The molecule has 0 heterocycles. The Morgan fingerprint density at radius 3 is 2.32 bits per heavy atom. The van der Waals surface area contributed by atoms with E-state index in [4.69, 9.17) is 0 Å². The lowest BCUT2D eigenvalue weighted by molar-refractivity contribution is -0.151. The van der Waals surface area contributed by atoms with Crippen LogP contribution >= 0.6 is 0 Å². The van der Waals surface area contributed by atoms with Crippen LogP contribution in [0.3, 0.4) is 0 Å². The molecule has 0 aromatic rings. The van der Waals surface area contributed by atoms with Gasteiger partial charge < -0.3 is 5.11 Å². The third-order valence-corrected chi connectivity index (χ3v) is 5.22. The van der Waals surface area contributed by atoms with Gasteiger partial charge in [0.05, 0.1) is 0 Å². The zero-order valence-electron chi connectivity index (χ0n) is 12.5. The Labute approximate surface area is 117 Å². The molecule has 2 saturated carbocycles. The van der Waals surface area contributed by atoms with Crippen molar-refractivity contribution >= 4 is 5.97 Å². The second kappa shape index (κ2) is 6.25. The van der Waals surface area contributed by atoms with Crippen LogP contribution in [-0.4, -0.2) is 22.7 Å². The molecule has 0 aromatic carbocycles. The van der Waals surface area contributed by atoms with E-state index < -0.39 is 11.5 Å². The van der Waals surface area contributed by atoms with Crippen LogP contribution in [-0.2, 0) is 4.79 Å². The number of hydrogen-bond donors (Lipinski definition) is 2.